The van der Waals surface area contributed by atoms with Crippen LogP contribution in [0.5, 0.6) is 0 Å². The zero-order valence-electron chi connectivity index (χ0n) is 27.5. The Morgan fingerprint density at radius 1 is 0.510 bits per heavy atom. The molecule has 0 radical (unpaired) electrons. The Bertz CT molecular complexity index is 2980. The molecular formula is C46H28N4Pt. The van der Waals surface area contributed by atoms with Crippen molar-refractivity contribution in [2.45, 2.75) is 5.41 Å². The summed E-state index contributed by atoms with van der Waals surface area (Å²) in [5.41, 5.74) is 13.5. The van der Waals surface area contributed by atoms with Gasteiger partial charge in [-0.2, -0.15) is 0 Å². The summed E-state index contributed by atoms with van der Waals surface area (Å²) in [7, 11) is 2.09. The van der Waals surface area contributed by atoms with Crippen LogP contribution in [0.4, 0.5) is 0 Å². The Morgan fingerprint density at radius 3 is 1.86 bits per heavy atom. The zero-order valence-corrected chi connectivity index (χ0v) is 29.8. The van der Waals surface area contributed by atoms with Crippen LogP contribution < -0.4 is 0 Å². The fourth-order valence-electron chi connectivity index (χ4n) is 8.61. The average Bonchev–Trinajstić information content (AvgIpc) is 3.84. The number of nitrogens with zero attached hydrogens (tertiary/aromatic N) is 4. The molecule has 3 aromatic heterocycles. The summed E-state index contributed by atoms with van der Waals surface area (Å²) in [6.45, 7) is 0. The second kappa shape index (κ2) is 11.1. The molecule has 0 unspecified atom stereocenters. The molecule has 11 rings (SSSR count). The second-order valence-electron chi connectivity index (χ2n) is 13.2. The molecule has 1 aliphatic carbocycles. The van der Waals surface area contributed by atoms with Crippen LogP contribution >= 0.6 is 0 Å². The van der Waals surface area contributed by atoms with Gasteiger partial charge in [0.2, 0.25) is 0 Å². The summed E-state index contributed by atoms with van der Waals surface area (Å²) < 4.78 is 4.47. The number of pyridine rings is 1. The Hall–Kier alpha value is -5.83. The van der Waals surface area contributed by atoms with Gasteiger partial charge in [0.15, 0.2) is 0 Å². The van der Waals surface area contributed by atoms with E-state index in [-0.39, 0.29) is 21.1 Å². The van der Waals surface area contributed by atoms with Crippen LogP contribution in [0.25, 0.3) is 71.9 Å². The number of aryl methyl sites for hydroxylation is 1. The SMILES string of the molecule is Cn1c(-c2[c-]c(C3(c4[c-]c5c(cc4)c4ccccc4n4c6ccccc6nc54)c4ccccc4-c4ccccc43)ccc2)nc2ccccc21.[Pt+2]. The van der Waals surface area contributed by atoms with E-state index in [0.29, 0.717) is 0 Å². The van der Waals surface area contributed by atoms with E-state index in [1.165, 1.54) is 27.6 Å². The van der Waals surface area contributed by atoms with Gasteiger partial charge in [0.1, 0.15) is 0 Å². The first-order chi connectivity index (χ1) is 24.7. The van der Waals surface area contributed by atoms with Gasteiger partial charge in [0.05, 0.1) is 33.5 Å². The summed E-state index contributed by atoms with van der Waals surface area (Å²) in [6, 6.07) is 62.0. The quantitative estimate of drug-likeness (QED) is 0.131. The number of rotatable bonds is 3. The third-order valence-electron chi connectivity index (χ3n) is 10.7. The predicted molar refractivity (Wildman–Crippen MR) is 202 cm³/mol. The van der Waals surface area contributed by atoms with Crippen molar-refractivity contribution in [1.29, 1.82) is 0 Å². The number of imidazole rings is 2. The van der Waals surface area contributed by atoms with Crippen molar-refractivity contribution in [3.05, 3.63) is 186 Å². The third kappa shape index (κ3) is 4.00. The fourth-order valence-corrected chi connectivity index (χ4v) is 8.61. The van der Waals surface area contributed by atoms with Crippen molar-refractivity contribution in [3.63, 3.8) is 0 Å². The molecular weight excluding hydrogens is 804 g/mol. The van der Waals surface area contributed by atoms with Crippen molar-refractivity contribution in [1.82, 2.24) is 18.9 Å². The van der Waals surface area contributed by atoms with Gasteiger partial charge >= 0.3 is 21.1 Å². The standard InChI is InChI=1S/C46H28N4.Pt/c1-49-42-23-10-7-20-39(42)47-44(49)29-13-12-14-30(27-29)46(37-18-5-2-15-33(37)34-16-3-6-19-38(34)46)31-25-26-32-35-17-4-9-22-41(35)50-43-24-11-8-21-40(43)48-45(50)36(32)28-31;/h2-26H,1H3;/q-2;+2. The fraction of sp³-hybridized carbons (Fsp3) is 0.0435. The van der Waals surface area contributed by atoms with E-state index in [9.17, 15) is 0 Å². The number of aromatic nitrogens is 4. The van der Waals surface area contributed by atoms with Crippen LogP contribution in [-0.2, 0) is 33.5 Å². The predicted octanol–water partition coefficient (Wildman–Crippen LogP) is 10.3. The van der Waals surface area contributed by atoms with Crippen LogP contribution in [0.2, 0.25) is 0 Å². The van der Waals surface area contributed by atoms with Gasteiger partial charge in [-0.25, -0.2) is 0 Å². The molecule has 0 fully saturated rings. The largest absolute Gasteiger partial charge is 2.00 e. The van der Waals surface area contributed by atoms with E-state index in [2.05, 4.69) is 174 Å². The van der Waals surface area contributed by atoms with E-state index < -0.39 is 5.41 Å². The van der Waals surface area contributed by atoms with E-state index in [4.69, 9.17) is 9.97 Å². The summed E-state index contributed by atoms with van der Waals surface area (Å²) in [5, 5.41) is 3.32. The van der Waals surface area contributed by atoms with Crippen molar-refractivity contribution in [2.24, 2.45) is 7.05 Å². The van der Waals surface area contributed by atoms with Crippen LogP contribution in [0.1, 0.15) is 22.3 Å². The summed E-state index contributed by atoms with van der Waals surface area (Å²) in [5.74, 6) is 0.891. The molecule has 3 heterocycles. The average molecular weight is 832 g/mol. The van der Waals surface area contributed by atoms with Gasteiger partial charge in [0.25, 0.3) is 0 Å². The molecule has 242 valence electrons. The van der Waals surface area contributed by atoms with Gasteiger partial charge in [-0.1, -0.05) is 102 Å². The molecule has 0 spiro atoms. The number of fused-ring (bicyclic) bond motifs is 12. The Morgan fingerprint density at radius 2 is 1.12 bits per heavy atom. The van der Waals surface area contributed by atoms with Crippen LogP contribution in [0.15, 0.2) is 152 Å². The number of hydrogen-bond acceptors (Lipinski definition) is 2. The monoisotopic (exact) mass is 831 g/mol. The Balaban J connectivity index is 0.00000327. The first-order valence-corrected chi connectivity index (χ1v) is 17.0. The molecule has 7 aromatic carbocycles. The molecule has 1 aliphatic rings. The van der Waals surface area contributed by atoms with Crippen molar-refractivity contribution >= 4 is 49.4 Å². The first kappa shape index (κ1) is 30.0. The van der Waals surface area contributed by atoms with Crippen molar-refractivity contribution < 1.29 is 21.1 Å². The smallest absolute Gasteiger partial charge is 0.367 e. The molecule has 0 atom stereocenters. The van der Waals surface area contributed by atoms with Gasteiger partial charge < -0.3 is 8.97 Å². The van der Waals surface area contributed by atoms with Gasteiger partial charge in [-0.3, -0.25) is 9.97 Å². The molecule has 51 heavy (non-hydrogen) atoms. The van der Waals surface area contributed by atoms with Crippen molar-refractivity contribution in [3.8, 4) is 22.5 Å². The first-order valence-electron chi connectivity index (χ1n) is 17.0. The maximum atomic E-state index is 5.24. The number of hydrogen-bond donors (Lipinski definition) is 0. The Labute approximate surface area is 308 Å². The number of benzene rings is 7. The maximum absolute atomic E-state index is 5.24. The molecule has 0 saturated carbocycles. The molecule has 0 amide bonds. The maximum Gasteiger partial charge on any atom is 2.00 e. The third-order valence-corrected chi connectivity index (χ3v) is 10.7. The molecule has 10 aromatic rings. The molecule has 5 heteroatoms. The molecule has 4 nitrogen and oxygen atoms in total. The van der Waals surface area contributed by atoms with Crippen molar-refractivity contribution in [2.75, 3.05) is 0 Å². The number of para-hydroxylation sites is 5. The summed E-state index contributed by atoms with van der Waals surface area (Å²) in [4.78, 5) is 10.3. The topological polar surface area (TPSA) is 35.1 Å². The zero-order chi connectivity index (χ0) is 33.0. The molecule has 0 N–H and O–H groups in total. The van der Waals surface area contributed by atoms with E-state index in [0.717, 1.165) is 66.5 Å². The van der Waals surface area contributed by atoms with Gasteiger partial charge in [0, 0.05) is 18.0 Å². The van der Waals surface area contributed by atoms with Crippen LogP contribution in [0.3, 0.4) is 0 Å². The Kier molecular flexibility index (Phi) is 6.53. The molecule has 0 aliphatic heterocycles. The van der Waals surface area contributed by atoms with E-state index in [1.54, 1.807) is 0 Å². The summed E-state index contributed by atoms with van der Waals surface area (Å²) >= 11 is 0. The van der Waals surface area contributed by atoms with E-state index in [1.807, 2.05) is 6.07 Å². The van der Waals surface area contributed by atoms with E-state index >= 15 is 0 Å². The van der Waals surface area contributed by atoms with Crippen LogP contribution in [-0.4, -0.2) is 18.9 Å². The molecule has 0 bridgehead atoms. The molecule has 0 saturated heterocycles. The minimum atomic E-state index is -0.684. The minimum Gasteiger partial charge on any atom is -0.367 e. The second-order valence-corrected chi connectivity index (χ2v) is 13.2. The normalized spacial score (nSPS) is 13.2. The van der Waals surface area contributed by atoms with Gasteiger partial charge in [-0.15, -0.1) is 59.2 Å². The van der Waals surface area contributed by atoms with Gasteiger partial charge in [-0.05, 0) is 58.0 Å². The summed E-state index contributed by atoms with van der Waals surface area (Å²) in [6.07, 6.45) is 0. The minimum absolute atomic E-state index is 0. The van der Waals surface area contributed by atoms with Crippen LogP contribution in [0, 0.1) is 12.1 Å².